The molecule has 0 spiro atoms. The van der Waals surface area contributed by atoms with Crippen LogP contribution in [0.1, 0.15) is 22.6 Å². The molecule has 0 aliphatic heterocycles. The van der Waals surface area contributed by atoms with Gasteiger partial charge in [-0.1, -0.05) is 22.5 Å². The summed E-state index contributed by atoms with van der Waals surface area (Å²) >= 11 is 4.40. The summed E-state index contributed by atoms with van der Waals surface area (Å²) in [6, 6.07) is 7.78. The predicted octanol–water partition coefficient (Wildman–Crippen LogP) is 2.04. The zero-order valence-electron chi connectivity index (χ0n) is 19.5. The van der Waals surface area contributed by atoms with Gasteiger partial charge in [0.2, 0.25) is 11.7 Å². The van der Waals surface area contributed by atoms with Gasteiger partial charge >= 0.3 is 0 Å². The Hall–Kier alpha value is -3.49. The number of nitrogens with one attached hydrogen (secondary N) is 3. The fourth-order valence-corrected chi connectivity index (χ4v) is 5.22. The molecule has 0 fully saturated rings. The fourth-order valence-electron chi connectivity index (χ4n) is 3.27. The Labute approximate surface area is 226 Å². The molecule has 0 aliphatic carbocycles. The number of aromatic nitrogens is 2. The molecule has 0 unspecified atom stereocenters. The Morgan fingerprint density at radius 3 is 2.59 bits per heavy atom. The number of amides is 1. The van der Waals surface area contributed by atoms with Gasteiger partial charge in [-0.05, 0) is 49.2 Å². The molecule has 1 atom stereocenters. The van der Waals surface area contributed by atoms with Crippen LogP contribution < -0.4 is 26.6 Å². The number of nitrogens with two attached hydrogens (primary N) is 1. The standard InChI is InChI=1S/C23H25BrN6O5S2/c1-15(25)26-10-2-4-18(21(32)22-27-11-13-36-22)28-20(31)14-30-12-3-5-19(23(30)33)29-37(34,35)17-8-6-16(24)7-9-17/h3,5-9,11-13,18,26,29H,1-2,4,10,14,25H2,(H,28,31)/t18-/m0/s1. The predicted molar refractivity (Wildman–Crippen MR) is 145 cm³/mol. The highest BCUT2D eigenvalue weighted by atomic mass is 79.9. The summed E-state index contributed by atoms with van der Waals surface area (Å²) in [5, 5.41) is 7.43. The minimum Gasteiger partial charge on any atom is -0.386 e. The lowest BCUT2D eigenvalue weighted by atomic mass is 10.1. The van der Waals surface area contributed by atoms with E-state index in [1.165, 1.54) is 36.7 Å². The number of nitrogens with zero attached hydrogens (tertiary/aromatic N) is 2. The largest absolute Gasteiger partial charge is 0.386 e. The van der Waals surface area contributed by atoms with Crippen molar-refractivity contribution < 1.29 is 18.0 Å². The number of hydrogen-bond donors (Lipinski definition) is 4. The molecule has 1 amide bonds. The third-order valence-electron chi connectivity index (χ3n) is 5.02. The van der Waals surface area contributed by atoms with Gasteiger partial charge in [-0.3, -0.25) is 19.1 Å². The van der Waals surface area contributed by atoms with E-state index in [-0.39, 0.29) is 21.4 Å². The molecule has 11 nitrogen and oxygen atoms in total. The van der Waals surface area contributed by atoms with Gasteiger partial charge in [0.1, 0.15) is 12.2 Å². The Balaban J connectivity index is 1.72. The van der Waals surface area contributed by atoms with E-state index in [4.69, 9.17) is 5.73 Å². The minimum atomic E-state index is -4.03. The molecule has 196 valence electrons. The number of benzene rings is 1. The first-order valence-corrected chi connectivity index (χ1v) is 14.1. The van der Waals surface area contributed by atoms with Gasteiger partial charge in [0.25, 0.3) is 15.6 Å². The maximum Gasteiger partial charge on any atom is 0.275 e. The molecule has 3 aromatic rings. The van der Waals surface area contributed by atoms with Crippen molar-refractivity contribution in [2.45, 2.75) is 30.3 Å². The summed E-state index contributed by atoms with van der Waals surface area (Å²) in [7, 11) is -4.03. The van der Waals surface area contributed by atoms with E-state index in [1.807, 2.05) is 0 Å². The molecule has 0 bridgehead atoms. The number of pyridine rings is 1. The minimum absolute atomic E-state index is 0.0283. The molecule has 0 saturated heterocycles. The molecule has 3 rings (SSSR count). The van der Waals surface area contributed by atoms with Crippen molar-refractivity contribution in [3.8, 4) is 0 Å². The van der Waals surface area contributed by atoms with Crippen molar-refractivity contribution in [2.24, 2.45) is 5.73 Å². The number of thiazole rings is 1. The fraction of sp³-hybridized carbons (Fsp3) is 0.217. The Morgan fingerprint density at radius 1 is 1.22 bits per heavy atom. The van der Waals surface area contributed by atoms with Gasteiger partial charge in [0.05, 0.1) is 16.8 Å². The molecule has 1 aromatic carbocycles. The lowest BCUT2D eigenvalue weighted by Crippen LogP contribution is -2.43. The molecule has 0 aliphatic rings. The van der Waals surface area contributed by atoms with Crippen molar-refractivity contribution in [2.75, 3.05) is 11.3 Å². The maximum absolute atomic E-state index is 12.9. The van der Waals surface area contributed by atoms with Crippen molar-refractivity contribution in [3.05, 3.63) is 86.4 Å². The van der Waals surface area contributed by atoms with E-state index in [1.54, 1.807) is 17.5 Å². The number of halogens is 1. The van der Waals surface area contributed by atoms with Gasteiger partial charge < -0.3 is 20.9 Å². The monoisotopic (exact) mass is 608 g/mol. The first-order chi connectivity index (χ1) is 17.6. The summed E-state index contributed by atoms with van der Waals surface area (Å²) in [5.74, 6) is -0.652. The van der Waals surface area contributed by atoms with Crippen LogP contribution in [0.4, 0.5) is 5.69 Å². The molecule has 2 heterocycles. The summed E-state index contributed by atoms with van der Waals surface area (Å²) in [6.07, 6.45) is 3.66. The average Bonchev–Trinajstić information content (AvgIpc) is 3.38. The number of rotatable bonds is 13. The zero-order valence-corrected chi connectivity index (χ0v) is 22.7. The highest BCUT2D eigenvalue weighted by Crippen LogP contribution is 2.17. The van der Waals surface area contributed by atoms with Crippen LogP contribution in [-0.2, 0) is 21.4 Å². The van der Waals surface area contributed by atoms with Crippen LogP contribution in [-0.4, -0.2) is 42.2 Å². The van der Waals surface area contributed by atoms with Crippen molar-refractivity contribution in [1.82, 2.24) is 20.2 Å². The summed E-state index contributed by atoms with van der Waals surface area (Å²) in [6.45, 7) is 3.57. The lowest BCUT2D eigenvalue weighted by Gasteiger charge is -2.18. The number of hydrogen-bond acceptors (Lipinski definition) is 9. The molecule has 0 radical (unpaired) electrons. The highest BCUT2D eigenvalue weighted by molar-refractivity contribution is 9.10. The number of carbonyl (C=O) groups is 2. The molecule has 14 heteroatoms. The van der Waals surface area contributed by atoms with Crippen LogP contribution in [0.2, 0.25) is 0 Å². The third kappa shape index (κ3) is 8.00. The maximum atomic E-state index is 12.9. The van der Waals surface area contributed by atoms with Crippen LogP contribution >= 0.6 is 27.3 Å². The second kappa shape index (κ2) is 12.7. The van der Waals surface area contributed by atoms with E-state index >= 15 is 0 Å². The molecular weight excluding hydrogens is 584 g/mol. The van der Waals surface area contributed by atoms with Gasteiger partial charge in [0, 0.05) is 28.8 Å². The van der Waals surface area contributed by atoms with Gasteiger partial charge in [-0.25, -0.2) is 13.4 Å². The Bertz CT molecular complexity index is 1420. The molecule has 5 N–H and O–H groups in total. The normalized spacial score (nSPS) is 11.9. The third-order valence-corrected chi connectivity index (χ3v) is 7.72. The number of Topliss-reactive ketones (excluding diaryl/α,β-unsaturated/α-hetero) is 1. The molecule has 37 heavy (non-hydrogen) atoms. The van der Waals surface area contributed by atoms with E-state index in [0.717, 1.165) is 15.9 Å². The molecular formula is C23H25BrN6O5S2. The first-order valence-electron chi connectivity index (χ1n) is 11.0. The van der Waals surface area contributed by atoms with Crippen LogP contribution in [0.15, 0.2) is 80.7 Å². The van der Waals surface area contributed by atoms with Gasteiger partial charge in [-0.2, -0.15) is 0 Å². The van der Waals surface area contributed by atoms with Gasteiger partial charge in [0.15, 0.2) is 5.01 Å². The van der Waals surface area contributed by atoms with Crippen LogP contribution in [0.25, 0.3) is 0 Å². The SMILES string of the molecule is C=C(N)NCCC[C@H](NC(=O)Cn1cccc(NS(=O)(=O)c2ccc(Br)cc2)c1=O)C(=O)c1nccs1. The van der Waals surface area contributed by atoms with Crippen molar-refractivity contribution in [1.29, 1.82) is 0 Å². The summed E-state index contributed by atoms with van der Waals surface area (Å²) < 4.78 is 29.4. The summed E-state index contributed by atoms with van der Waals surface area (Å²) in [5.41, 5.74) is 4.55. The number of ketones is 1. The number of sulfonamides is 1. The summed E-state index contributed by atoms with van der Waals surface area (Å²) in [4.78, 5) is 42.6. The average molecular weight is 610 g/mol. The number of carbonyl (C=O) groups excluding carboxylic acids is 2. The number of anilines is 1. The Morgan fingerprint density at radius 2 is 1.95 bits per heavy atom. The quantitative estimate of drug-likeness (QED) is 0.169. The lowest BCUT2D eigenvalue weighted by molar-refractivity contribution is -0.122. The second-order valence-corrected chi connectivity index (χ2v) is 11.3. The second-order valence-electron chi connectivity index (χ2n) is 7.83. The van der Waals surface area contributed by atoms with Crippen molar-refractivity contribution in [3.63, 3.8) is 0 Å². The van der Waals surface area contributed by atoms with Crippen LogP contribution in [0.5, 0.6) is 0 Å². The first kappa shape index (κ1) is 28.1. The van der Waals surface area contributed by atoms with E-state index in [0.29, 0.717) is 29.7 Å². The van der Waals surface area contributed by atoms with Crippen molar-refractivity contribution >= 4 is 54.7 Å². The van der Waals surface area contributed by atoms with Gasteiger partial charge in [-0.15, -0.1) is 11.3 Å². The van der Waals surface area contributed by atoms with E-state index in [2.05, 4.69) is 42.8 Å². The van der Waals surface area contributed by atoms with Crippen LogP contribution in [0.3, 0.4) is 0 Å². The molecule has 0 saturated carbocycles. The smallest absolute Gasteiger partial charge is 0.275 e. The highest BCUT2D eigenvalue weighted by Gasteiger charge is 2.24. The zero-order chi connectivity index (χ0) is 27.0. The molecule has 2 aromatic heterocycles. The Kier molecular flexibility index (Phi) is 9.60. The van der Waals surface area contributed by atoms with E-state index < -0.39 is 34.1 Å². The van der Waals surface area contributed by atoms with E-state index in [9.17, 15) is 22.8 Å². The topological polar surface area (TPSA) is 165 Å². The van der Waals surface area contributed by atoms with Crippen LogP contribution in [0, 0.1) is 0 Å².